The fourth-order valence-corrected chi connectivity index (χ4v) is 4.40. The predicted octanol–water partition coefficient (Wildman–Crippen LogP) is 3.10. The molecule has 0 spiro atoms. The van der Waals surface area contributed by atoms with Gasteiger partial charge in [0.1, 0.15) is 18.5 Å². The zero-order chi connectivity index (χ0) is 19.3. The maximum Gasteiger partial charge on any atom is 0.232 e. The van der Waals surface area contributed by atoms with E-state index in [0.717, 1.165) is 48.5 Å². The van der Waals surface area contributed by atoms with Gasteiger partial charge in [0.25, 0.3) is 0 Å². The van der Waals surface area contributed by atoms with Crippen molar-refractivity contribution in [3.8, 4) is 0 Å². The van der Waals surface area contributed by atoms with Crippen LogP contribution >= 0.6 is 0 Å². The molecule has 2 N–H and O–H groups in total. The predicted molar refractivity (Wildman–Crippen MR) is 108 cm³/mol. The molecule has 0 radical (unpaired) electrons. The average Bonchev–Trinajstić information content (AvgIpc) is 2.70. The van der Waals surface area contributed by atoms with Crippen LogP contribution in [0, 0.1) is 0 Å². The lowest BCUT2D eigenvalue weighted by Crippen LogP contribution is -2.61. The molecule has 4 nitrogen and oxygen atoms in total. The molecular formula is C23H31N2O2+. The Morgan fingerprint density at radius 3 is 1.89 bits per heavy atom. The van der Waals surface area contributed by atoms with Crippen molar-refractivity contribution < 1.29 is 14.0 Å². The monoisotopic (exact) mass is 367 g/mol. The van der Waals surface area contributed by atoms with Gasteiger partial charge in [-0.1, -0.05) is 60.7 Å². The standard InChI is InChI=1S/C23H30N2O2/c1-19(2)25(15-17-27-18-16-25)14-13-23(22(24)26,20-9-5-3-6-10-20)21-11-7-4-8-12-21/h3-12,19H,13-18H2,1-2H3,(H-,24,26)/p+1. The molecule has 2 aromatic rings. The molecule has 0 atom stereocenters. The molecule has 0 aliphatic carbocycles. The molecule has 0 saturated carbocycles. The van der Waals surface area contributed by atoms with Gasteiger partial charge in [0.15, 0.2) is 0 Å². The fraction of sp³-hybridized carbons (Fsp3) is 0.435. The smallest absolute Gasteiger partial charge is 0.232 e. The van der Waals surface area contributed by atoms with Gasteiger partial charge < -0.3 is 15.0 Å². The Morgan fingerprint density at radius 2 is 1.48 bits per heavy atom. The topological polar surface area (TPSA) is 52.3 Å². The van der Waals surface area contributed by atoms with Gasteiger partial charge in [0, 0.05) is 6.42 Å². The van der Waals surface area contributed by atoms with Crippen LogP contribution in [0.15, 0.2) is 60.7 Å². The number of primary amides is 1. The first-order valence-electron chi connectivity index (χ1n) is 9.86. The maximum absolute atomic E-state index is 13.0. The molecule has 1 aliphatic heterocycles. The van der Waals surface area contributed by atoms with Crippen molar-refractivity contribution in [3.63, 3.8) is 0 Å². The molecule has 2 aromatic carbocycles. The second kappa shape index (κ2) is 8.24. The molecule has 1 fully saturated rings. The second-order valence-corrected chi connectivity index (χ2v) is 7.85. The molecule has 0 unspecified atom stereocenters. The number of ether oxygens (including phenoxy) is 1. The van der Waals surface area contributed by atoms with E-state index in [1.807, 2.05) is 60.7 Å². The Bertz CT molecular complexity index is 698. The second-order valence-electron chi connectivity index (χ2n) is 7.85. The molecule has 1 heterocycles. The van der Waals surface area contributed by atoms with Crippen molar-refractivity contribution in [1.82, 2.24) is 0 Å². The molecule has 1 saturated heterocycles. The van der Waals surface area contributed by atoms with Gasteiger partial charge in [-0.25, -0.2) is 0 Å². The summed E-state index contributed by atoms with van der Waals surface area (Å²) in [5, 5.41) is 0. The maximum atomic E-state index is 13.0. The highest BCUT2D eigenvalue weighted by atomic mass is 16.5. The number of benzene rings is 2. The molecule has 0 bridgehead atoms. The third kappa shape index (κ3) is 3.78. The van der Waals surface area contributed by atoms with Crippen LogP contribution in [0.4, 0.5) is 0 Å². The summed E-state index contributed by atoms with van der Waals surface area (Å²) in [5.74, 6) is -0.282. The van der Waals surface area contributed by atoms with Crippen LogP contribution in [0.2, 0.25) is 0 Å². The lowest BCUT2D eigenvalue weighted by Gasteiger charge is -2.46. The summed E-state index contributed by atoms with van der Waals surface area (Å²) in [4.78, 5) is 13.0. The first-order valence-corrected chi connectivity index (χ1v) is 9.86. The van der Waals surface area contributed by atoms with Crippen LogP contribution in [0.3, 0.4) is 0 Å². The normalized spacial score (nSPS) is 17.0. The van der Waals surface area contributed by atoms with E-state index in [0.29, 0.717) is 12.5 Å². The Balaban J connectivity index is 2.03. The highest BCUT2D eigenvalue weighted by Gasteiger charge is 2.44. The van der Waals surface area contributed by atoms with Gasteiger partial charge in [0.2, 0.25) is 5.91 Å². The van der Waals surface area contributed by atoms with E-state index in [-0.39, 0.29) is 5.91 Å². The third-order valence-electron chi connectivity index (χ3n) is 6.34. The summed E-state index contributed by atoms with van der Waals surface area (Å²) in [6.07, 6.45) is 0.689. The van der Waals surface area contributed by atoms with E-state index >= 15 is 0 Å². The van der Waals surface area contributed by atoms with Gasteiger partial charge in [-0.15, -0.1) is 0 Å². The van der Waals surface area contributed by atoms with Crippen LogP contribution in [0.25, 0.3) is 0 Å². The van der Waals surface area contributed by atoms with Gasteiger partial charge in [-0.3, -0.25) is 4.79 Å². The lowest BCUT2D eigenvalue weighted by atomic mass is 9.71. The molecular weight excluding hydrogens is 336 g/mol. The molecule has 4 heteroatoms. The van der Waals surface area contributed by atoms with Crippen LogP contribution in [0.1, 0.15) is 31.4 Å². The Morgan fingerprint density at radius 1 is 1.00 bits per heavy atom. The number of hydrogen-bond acceptors (Lipinski definition) is 2. The number of quaternary nitrogens is 1. The Labute approximate surface area is 162 Å². The zero-order valence-corrected chi connectivity index (χ0v) is 16.4. The van der Waals surface area contributed by atoms with Gasteiger partial charge >= 0.3 is 0 Å². The van der Waals surface area contributed by atoms with Gasteiger partial charge in [-0.2, -0.15) is 0 Å². The summed E-state index contributed by atoms with van der Waals surface area (Å²) in [6.45, 7) is 8.95. The summed E-state index contributed by atoms with van der Waals surface area (Å²) in [6, 6.07) is 20.5. The molecule has 0 aromatic heterocycles. The van der Waals surface area contributed by atoms with Crippen LogP contribution in [-0.2, 0) is 14.9 Å². The minimum Gasteiger partial charge on any atom is -0.370 e. The minimum atomic E-state index is -0.818. The number of amides is 1. The third-order valence-corrected chi connectivity index (χ3v) is 6.34. The number of rotatable bonds is 7. The number of nitrogens with two attached hydrogens (primary N) is 1. The van der Waals surface area contributed by atoms with Crippen molar-refractivity contribution in [2.24, 2.45) is 5.73 Å². The average molecular weight is 368 g/mol. The molecule has 1 amide bonds. The molecule has 144 valence electrons. The molecule has 3 rings (SSSR count). The summed E-state index contributed by atoms with van der Waals surface area (Å²) >= 11 is 0. The Hall–Kier alpha value is -2.17. The first-order chi connectivity index (χ1) is 13.0. The number of carbonyl (C=O) groups excluding carboxylic acids is 1. The van der Waals surface area contributed by atoms with E-state index in [9.17, 15) is 4.79 Å². The van der Waals surface area contributed by atoms with Crippen molar-refractivity contribution in [1.29, 1.82) is 0 Å². The van der Waals surface area contributed by atoms with Crippen LogP contribution in [-0.4, -0.2) is 49.3 Å². The summed E-state index contributed by atoms with van der Waals surface area (Å²) in [7, 11) is 0. The van der Waals surface area contributed by atoms with Crippen LogP contribution in [0.5, 0.6) is 0 Å². The number of carbonyl (C=O) groups is 1. The lowest BCUT2D eigenvalue weighted by molar-refractivity contribution is -0.954. The highest BCUT2D eigenvalue weighted by molar-refractivity contribution is 5.90. The van der Waals surface area contributed by atoms with Crippen LogP contribution < -0.4 is 5.73 Å². The number of nitrogens with zero attached hydrogens (tertiary/aromatic N) is 1. The largest absolute Gasteiger partial charge is 0.370 e. The van der Waals surface area contributed by atoms with Crippen molar-refractivity contribution in [3.05, 3.63) is 71.8 Å². The number of hydrogen-bond donors (Lipinski definition) is 1. The van der Waals surface area contributed by atoms with Crippen molar-refractivity contribution in [2.45, 2.75) is 31.7 Å². The van der Waals surface area contributed by atoms with E-state index in [1.54, 1.807) is 0 Å². The summed E-state index contributed by atoms with van der Waals surface area (Å²) in [5.41, 5.74) is 7.22. The van der Waals surface area contributed by atoms with E-state index < -0.39 is 5.41 Å². The molecule has 27 heavy (non-hydrogen) atoms. The van der Waals surface area contributed by atoms with Gasteiger partial charge in [-0.05, 0) is 25.0 Å². The van der Waals surface area contributed by atoms with E-state index in [1.165, 1.54) is 0 Å². The quantitative estimate of drug-likeness (QED) is 0.765. The van der Waals surface area contributed by atoms with E-state index in [2.05, 4.69) is 13.8 Å². The Kier molecular flexibility index (Phi) is 5.98. The minimum absolute atomic E-state index is 0.282. The summed E-state index contributed by atoms with van der Waals surface area (Å²) < 4.78 is 6.58. The first kappa shape index (κ1) is 19.6. The molecule has 1 aliphatic rings. The van der Waals surface area contributed by atoms with E-state index in [4.69, 9.17) is 10.5 Å². The highest BCUT2D eigenvalue weighted by Crippen LogP contribution is 2.37. The van der Waals surface area contributed by atoms with Gasteiger partial charge in [0.05, 0.1) is 25.8 Å². The zero-order valence-electron chi connectivity index (χ0n) is 16.4. The SMILES string of the molecule is CC(C)[N+]1(CCC(C(N)=O)(c2ccccc2)c2ccccc2)CCOCC1. The van der Waals surface area contributed by atoms with Crippen molar-refractivity contribution >= 4 is 5.91 Å². The van der Waals surface area contributed by atoms with Crippen molar-refractivity contribution in [2.75, 3.05) is 32.8 Å². The number of morpholine rings is 1. The fourth-order valence-electron chi connectivity index (χ4n) is 4.40.